The van der Waals surface area contributed by atoms with Gasteiger partial charge >= 0.3 is 0 Å². The lowest BCUT2D eigenvalue weighted by Gasteiger charge is -2.28. The summed E-state index contributed by atoms with van der Waals surface area (Å²) in [6.07, 6.45) is 8.37. The fourth-order valence-corrected chi connectivity index (χ4v) is 3.20. The SMILES string of the molecule is CCNC(c1ccncc1F)C(C1CC1)C1CC1. The van der Waals surface area contributed by atoms with Gasteiger partial charge in [-0.05, 0) is 56.0 Å². The van der Waals surface area contributed by atoms with Crippen LogP contribution in [-0.2, 0) is 0 Å². The minimum atomic E-state index is -0.158. The maximum atomic E-state index is 14.0. The Kier molecular flexibility index (Phi) is 3.33. The van der Waals surface area contributed by atoms with E-state index < -0.39 is 0 Å². The van der Waals surface area contributed by atoms with E-state index in [1.807, 2.05) is 6.07 Å². The zero-order valence-corrected chi connectivity index (χ0v) is 10.9. The molecule has 1 heterocycles. The van der Waals surface area contributed by atoms with Crippen LogP contribution in [0.1, 0.15) is 44.2 Å². The molecule has 3 heteroatoms. The van der Waals surface area contributed by atoms with E-state index in [9.17, 15) is 4.39 Å². The van der Waals surface area contributed by atoms with Crippen LogP contribution in [0, 0.1) is 23.6 Å². The van der Waals surface area contributed by atoms with E-state index in [-0.39, 0.29) is 11.9 Å². The van der Waals surface area contributed by atoms with Crippen LogP contribution in [0.25, 0.3) is 0 Å². The van der Waals surface area contributed by atoms with E-state index in [0.29, 0.717) is 5.92 Å². The zero-order chi connectivity index (χ0) is 12.5. The van der Waals surface area contributed by atoms with Crippen LogP contribution in [0.4, 0.5) is 4.39 Å². The van der Waals surface area contributed by atoms with E-state index >= 15 is 0 Å². The quantitative estimate of drug-likeness (QED) is 0.835. The number of pyridine rings is 1. The number of halogens is 1. The monoisotopic (exact) mass is 248 g/mol. The normalized spacial score (nSPS) is 21.3. The minimum absolute atomic E-state index is 0.158. The van der Waals surface area contributed by atoms with Crippen molar-refractivity contribution in [3.8, 4) is 0 Å². The van der Waals surface area contributed by atoms with E-state index in [1.165, 1.54) is 31.9 Å². The zero-order valence-electron chi connectivity index (χ0n) is 10.9. The van der Waals surface area contributed by atoms with Crippen molar-refractivity contribution in [1.29, 1.82) is 0 Å². The predicted octanol–water partition coefficient (Wildman–Crippen LogP) is 3.31. The fraction of sp³-hybridized carbons (Fsp3) is 0.667. The molecule has 1 aromatic heterocycles. The van der Waals surface area contributed by atoms with Crippen molar-refractivity contribution in [3.63, 3.8) is 0 Å². The van der Waals surface area contributed by atoms with Crippen molar-refractivity contribution < 1.29 is 4.39 Å². The van der Waals surface area contributed by atoms with Crippen LogP contribution in [0.3, 0.4) is 0 Å². The van der Waals surface area contributed by atoms with Gasteiger partial charge in [0.1, 0.15) is 5.82 Å². The molecule has 0 radical (unpaired) electrons. The maximum absolute atomic E-state index is 14.0. The highest BCUT2D eigenvalue weighted by Gasteiger charge is 2.46. The summed E-state index contributed by atoms with van der Waals surface area (Å²) in [5, 5.41) is 3.51. The molecule has 0 amide bonds. The molecule has 0 bridgehead atoms. The third-order valence-electron chi connectivity index (χ3n) is 4.28. The molecule has 2 fully saturated rings. The molecule has 2 saturated carbocycles. The molecule has 18 heavy (non-hydrogen) atoms. The minimum Gasteiger partial charge on any atom is -0.310 e. The van der Waals surface area contributed by atoms with Crippen LogP contribution in [0.5, 0.6) is 0 Å². The van der Waals surface area contributed by atoms with Gasteiger partial charge in [0.15, 0.2) is 0 Å². The first-order valence-corrected chi connectivity index (χ1v) is 7.14. The third kappa shape index (κ3) is 2.41. The topological polar surface area (TPSA) is 24.9 Å². The largest absolute Gasteiger partial charge is 0.310 e. The van der Waals surface area contributed by atoms with Crippen molar-refractivity contribution in [1.82, 2.24) is 10.3 Å². The summed E-state index contributed by atoms with van der Waals surface area (Å²) in [5.74, 6) is 2.10. The van der Waals surface area contributed by atoms with Crippen molar-refractivity contribution in [3.05, 3.63) is 29.8 Å². The van der Waals surface area contributed by atoms with Gasteiger partial charge in [0, 0.05) is 17.8 Å². The molecule has 1 aromatic rings. The van der Waals surface area contributed by atoms with Gasteiger partial charge in [-0.1, -0.05) is 6.92 Å². The molecule has 0 aliphatic heterocycles. The summed E-state index contributed by atoms with van der Waals surface area (Å²) in [6.45, 7) is 2.99. The van der Waals surface area contributed by atoms with E-state index in [4.69, 9.17) is 0 Å². The summed E-state index contributed by atoms with van der Waals surface area (Å²) in [5.41, 5.74) is 0.815. The van der Waals surface area contributed by atoms with Gasteiger partial charge in [-0.3, -0.25) is 4.98 Å². The number of nitrogens with zero attached hydrogens (tertiary/aromatic N) is 1. The van der Waals surface area contributed by atoms with E-state index in [2.05, 4.69) is 17.2 Å². The Bertz CT molecular complexity index is 401. The first kappa shape index (κ1) is 12.1. The van der Waals surface area contributed by atoms with Crippen molar-refractivity contribution >= 4 is 0 Å². The van der Waals surface area contributed by atoms with Gasteiger partial charge in [0.25, 0.3) is 0 Å². The molecule has 98 valence electrons. The summed E-state index contributed by atoms with van der Waals surface area (Å²) in [6, 6.07) is 2.03. The van der Waals surface area contributed by atoms with Crippen LogP contribution in [-0.4, -0.2) is 11.5 Å². The Labute approximate surface area is 108 Å². The first-order chi connectivity index (χ1) is 8.81. The highest BCUT2D eigenvalue weighted by Crippen LogP contribution is 2.54. The number of aromatic nitrogens is 1. The number of rotatable bonds is 6. The Hall–Kier alpha value is -0.960. The second-order valence-corrected chi connectivity index (χ2v) is 5.68. The molecule has 1 atom stereocenters. The molecule has 1 N–H and O–H groups in total. The second kappa shape index (κ2) is 4.96. The molecule has 2 aliphatic carbocycles. The summed E-state index contributed by atoms with van der Waals surface area (Å²) < 4.78 is 14.0. The predicted molar refractivity (Wildman–Crippen MR) is 69.6 cm³/mol. The van der Waals surface area contributed by atoms with Gasteiger partial charge < -0.3 is 5.32 Å². The van der Waals surface area contributed by atoms with Crippen LogP contribution < -0.4 is 5.32 Å². The van der Waals surface area contributed by atoms with Gasteiger partial charge in [0.2, 0.25) is 0 Å². The number of hydrogen-bond acceptors (Lipinski definition) is 2. The van der Waals surface area contributed by atoms with Gasteiger partial charge in [-0.25, -0.2) is 4.39 Å². The Morgan fingerprint density at radius 3 is 2.50 bits per heavy atom. The van der Waals surface area contributed by atoms with Gasteiger partial charge in [-0.2, -0.15) is 0 Å². The standard InChI is InChI=1S/C15H21FN2/c1-2-18-15(12-7-8-17-9-13(12)16)14(10-3-4-10)11-5-6-11/h7-11,14-15,18H,2-6H2,1H3. The van der Waals surface area contributed by atoms with Crippen molar-refractivity contribution in [2.75, 3.05) is 6.54 Å². The lowest BCUT2D eigenvalue weighted by atomic mass is 9.85. The lowest BCUT2D eigenvalue weighted by Crippen LogP contribution is -2.31. The molecule has 0 spiro atoms. The number of hydrogen-bond donors (Lipinski definition) is 1. The van der Waals surface area contributed by atoms with Crippen molar-refractivity contribution in [2.24, 2.45) is 17.8 Å². The molecule has 3 rings (SSSR count). The molecule has 0 saturated heterocycles. The Balaban J connectivity index is 1.88. The van der Waals surface area contributed by atoms with Crippen LogP contribution >= 0.6 is 0 Å². The lowest BCUT2D eigenvalue weighted by molar-refractivity contribution is 0.284. The van der Waals surface area contributed by atoms with Crippen LogP contribution in [0.15, 0.2) is 18.5 Å². The molecule has 1 unspecified atom stereocenters. The molecular formula is C15H21FN2. The van der Waals surface area contributed by atoms with Crippen molar-refractivity contribution in [2.45, 2.75) is 38.6 Å². The molecule has 0 aromatic carbocycles. The molecule has 2 nitrogen and oxygen atoms in total. The average molecular weight is 248 g/mol. The summed E-state index contributed by atoms with van der Waals surface area (Å²) >= 11 is 0. The summed E-state index contributed by atoms with van der Waals surface area (Å²) in [4.78, 5) is 3.86. The highest BCUT2D eigenvalue weighted by atomic mass is 19.1. The maximum Gasteiger partial charge on any atom is 0.146 e. The van der Waals surface area contributed by atoms with Gasteiger partial charge in [0.05, 0.1) is 6.20 Å². The Morgan fingerprint density at radius 2 is 2.00 bits per heavy atom. The van der Waals surface area contributed by atoms with Crippen LogP contribution in [0.2, 0.25) is 0 Å². The molecule has 2 aliphatic rings. The smallest absolute Gasteiger partial charge is 0.146 e. The van der Waals surface area contributed by atoms with E-state index in [1.54, 1.807) is 6.20 Å². The Morgan fingerprint density at radius 1 is 1.33 bits per heavy atom. The molecular weight excluding hydrogens is 227 g/mol. The fourth-order valence-electron chi connectivity index (χ4n) is 3.20. The summed E-state index contributed by atoms with van der Waals surface area (Å²) in [7, 11) is 0. The average Bonchev–Trinajstić information content (AvgIpc) is 3.24. The first-order valence-electron chi connectivity index (χ1n) is 7.14. The third-order valence-corrected chi connectivity index (χ3v) is 4.28. The van der Waals surface area contributed by atoms with E-state index in [0.717, 1.165) is 23.9 Å². The van der Waals surface area contributed by atoms with Gasteiger partial charge in [-0.15, -0.1) is 0 Å². The number of nitrogens with one attached hydrogen (secondary N) is 1. The second-order valence-electron chi connectivity index (χ2n) is 5.68. The highest BCUT2D eigenvalue weighted by molar-refractivity contribution is 5.20.